The van der Waals surface area contributed by atoms with E-state index in [9.17, 15) is 4.79 Å². The number of anilines is 1. The van der Waals surface area contributed by atoms with Gasteiger partial charge in [0.15, 0.2) is 0 Å². The Balaban J connectivity index is 1.33. The third-order valence-corrected chi connectivity index (χ3v) is 5.75. The molecule has 0 saturated carbocycles. The summed E-state index contributed by atoms with van der Waals surface area (Å²) in [6.45, 7) is 4.88. The molecule has 1 N–H and O–H groups in total. The summed E-state index contributed by atoms with van der Waals surface area (Å²) < 4.78 is 2.08. The van der Waals surface area contributed by atoms with Crippen LogP contribution in [0.4, 0.5) is 5.69 Å². The molecule has 4 aromatic rings. The lowest BCUT2D eigenvalue weighted by atomic mass is 10.2. The van der Waals surface area contributed by atoms with Gasteiger partial charge in [-0.2, -0.15) is 0 Å². The van der Waals surface area contributed by atoms with Crippen LogP contribution in [-0.4, -0.2) is 40.5 Å². The molecule has 1 saturated heterocycles. The minimum atomic E-state index is -0.0377. The Kier molecular flexibility index (Phi) is 4.34. The number of hydrogen-bond donors (Lipinski definition) is 1. The maximum absolute atomic E-state index is 12.3. The van der Waals surface area contributed by atoms with Gasteiger partial charge in [0.25, 0.3) is 5.56 Å². The number of nitrogens with zero attached hydrogens (tertiary/aromatic N) is 3. The quantitative estimate of drug-likeness (QED) is 0.577. The SMILES string of the molecule is O=c1[nH]c2cc(CN3CCN(c4ccc(Cl)cc4)CC3)cn2c2ccccc12. The average molecular weight is 393 g/mol. The number of para-hydroxylation sites is 1. The molecule has 1 aliphatic heterocycles. The van der Waals surface area contributed by atoms with Crippen molar-refractivity contribution in [3.63, 3.8) is 0 Å². The fraction of sp³-hybridized carbons (Fsp3) is 0.227. The van der Waals surface area contributed by atoms with Crippen molar-refractivity contribution in [1.29, 1.82) is 0 Å². The molecule has 5 rings (SSSR count). The molecule has 0 spiro atoms. The first kappa shape index (κ1) is 17.3. The van der Waals surface area contributed by atoms with Gasteiger partial charge >= 0.3 is 0 Å². The molecular formula is C22H21ClN4O. The van der Waals surface area contributed by atoms with Crippen LogP contribution in [0.2, 0.25) is 5.02 Å². The van der Waals surface area contributed by atoms with Gasteiger partial charge in [-0.1, -0.05) is 23.7 Å². The van der Waals surface area contributed by atoms with Crippen molar-refractivity contribution >= 4 is 33.8 Å². The average Bonchev–Trinajstić information content (AvgIpc) is 3.12. The first-order valence-electron chi connectivity index (χ1n) is 9.52. The van der Waals surface area contributed by atoms with Gasteiger partial charge in [-0.15, -0.1) is 0 Å². The van der Waals surface area contributed by atoms with Crippen LogP contribution in [0.3, 0.4) is 0 Å². The van der Waals surface area contributed by atoms with Gasteiger partial charge in [0, 0.05) is 49.6 Å². The van der Waals surface area contributed by atoms with E-state index in [0.717, 1.165) is 48.9 Å². The third-order valence-electron chi connectivity index (χ3n) is 5.50. The van der Waals surface area contributed by atoms with Crippen LogP contribution in [0.15, 0.2) is 65.6 Å². The van der Waals surface area contributed by atoms with Gasteiger partial charge in [-0.25, -0.2) is 0 Å². The number of H-pyrrole nitrogens is 1. The first-order chi connectivity index (χ1) is 13.7. The molecule has 142 valence electrons. The highest BCUT2D eigenvalue weighted by Gasteiger charge is 2.18. The normalized spacial score (nSPS) is 15.5. The lowest BCUT2D eigenvalue weighted by Gasteiger charge is -2.36. The Morgan fingerprint density at radius 2 is 1.71 bits per heavy atom. The van der Waals surface area contributed by atoms with Crippen molar-refractivity contribution in [3.8, 4) is 0 Å². The van der Waals surface area contributed by atoms with E-state index in [2.05, 4.69) is 43.6 Å². The van der Waals surface area contributed by atoms with E-state index < -0.39 is 0 Å². The van der Waals surface area contributed by atoms with E-state index in [1.807, 2.05) is 36.4 Å². The van der Waals surface area contributed by atoms with E-state index >= 15 is 0 Å². The van der Waals surface area contributed by atoms with Crippen molar-refractivity contribution in [2.45, 2.75) is 6.54 Å². The molecule has 6 heteroatoms. The summed E-state index contributed by atoms with van der Waals surface area (Å²) in [5.41, 5.74) is 4.19. The topological polar surface area (TPSA) is 43.8 Å². The van der Waals surface area contributed by atoms with Crippen LogP contribution in [0.5, 0.6) is 0 Å². The van der Waals surface area contributed by atoms with Gasteiger partial charge in [0.05, 0.1) is 10.9 Å². The van der Waals surface area contributed by atoms with Crippen molar-refractivity contribution in [2.75, 3.05) is 31.1 Å². The highest BCUT2D eigenvalue weighted by atomic mass is 35.5. The standard InChI is InChI=1S/C22H21ClN4O/c23-17-5-7-18(8-6-17)26-11-9-25(10-12-26)14-16-13-21-24-22(28)19-3-1-2-4-20(19)27(21)15-16/h1-8,13,15H,9-12,14H2,(H,24,28). The molecule has 5 nitrogen and oxygen atoms in total. The van der Waals surface area contributed by atoms with E-state index in [4.69, 9.17) is 11.6 Å². The predicted molar refractivity (Wildman–Crippen MR) is 114 cm³/mol. The molecule has 0 unspecified atom stereocenters. The maximum Gasteiger partial charge on any atom is 0.258 e. The van der Waals surface area contributed by atoms with Crippen molar-refractivity contribution in [3.05, 3.63) is 81.7 Å². The monoisotopic (exact) mass is 392 g/mol. The Hall–Kier alpha value is -2.76. The van der Waals surface area contributed by atoms with E-state index in [1.165, 1.54) is 11.3 Å². The number of piperazine rings is 1. The van der Waals surface area contributed by atoms with Gasteiger partial charge in [0.2, 0.25) is 0 Å². The Bertz CT molecular complexity index is 1190. The number of aromatic nitrogens is 2. The fourth-order valence-corrected chi connectivity index (χ4v) is 4.16. The highest BCUT2D eigenvalue weighted by molar-refractivity contribution is 6.30. The van der Waals surface area contributed by atoms with Crippen molar-refractivity contribution < 1.29 is 0 Å². The number of rotatable bonds is 3. The zero-order valence-electron chi connectivity index (χ0n) is 15.4. The Morgan fingerprint density at radius 1 is 0.964 bits per heavy atom. The van der Waals surface area contributed by atoms with Crippen molar-refractivity contribution in [2.24, 2.45) is 0 Å². The summed E-state index contributed by atoms with van der Waals surface area (Å²) in [5.74, 6) is 0. The number of hydrogen-bond acceptors (Lipinski definition) is 3. The Morgan fingerprint density at radius 3 is 2.50 bits per heavy atom. The van der Waals surface area contributed by atoms with Crippen LogP contribution in [0, 0.1) is 0 Å². The number of benzene rings is 2. The maximum atomic E-state index is 12.3. The second-order valence-corrected chi connectivity index (χ2v) is 7.75. The molecule has 1 aliphatic rings. The molecule has 0 bridgehead atoms. The smallest absolute Gasteiger partial charge is 0.258 e. The Labute approximate surface area is 167 Å². The summed E-state index contributed by atoms with van der Waals surface area (Å²) >= 11 is 5.99. The number of halogens is 1. The lowest BCUT2D eigenvalue weighted by molar-refractivity contribution is 0.250. The number of fused-ring (bicyclic) bond motifs is 3. The largest absolute Gasteiger partial charge is 0.369 e. The minimum absolute atomic E-state index is 0.0377. The molecule has 2 aromatic heterocycles. The predicted octanol–water partition coefficient (Wildman–Crippen LogP) is 3.76. The molecular weight excluding hydrogens is 372 g/mol. The molecule has 0 radical (unpaired) electrons. The fourth-order valence-electron chi connectivity index (χ4n) is 4.03. The molecule has 3 heterocycles. The van der Waals surface area contributed by atoms with Crippen LogP contribution in [0.25, 0.3) is 16.6 Å². The van der Waals surface area contributed by atoms with E-state index in [0.29, 0.717) is 5.39 Å². The summed E-state index contributed by atoms with van der Waals surface area (Å²) in [7, 11) is 0. The molecule has 0 atom stereocenters. The zero-order chi connectivity index (χ0) is 19.1. The van der Waals surface area contributed by atoms with E-state index in [1.54, 1.807) is 0 Å². The second kappa shape index (κ2) is 7.00. The van der Waals surface area contributed by atoms with Crippen LogP contribution in [0.1, 0.15) is 5.56 Å². The first-order valence-corrected chi connectivity index (χ1v) is 9.90. The zero-order valence-corrected chi connectivity index (χ0v) is 16.2. The van der Waals surface area contributed by atoms with Gasteiger partial charge in [-0.3, -0.25) is 9.69 Å². The van der Waals surface area contributed by atoms with Crippen LogP contribution >= 0.6 is 11.6 Å². The third kappa shape index (κ3) is 3.17. The second-order valence-electron chi connectivity index (χ2n) is 7.31. The minimum Gasteiger partial charge on any atom is -0.369 e. The van der Waals surface area contributed by atoms with Crippen LogP contribution in [-0.2, 0) is 6.54 Å². The molecule has 1 fully saturated rings. The molecule has 28 heavy (non-hydrogen) atoms. The molecule has 2 aromatic carbocycles. The van der Waals surface area contributed by atoms with Crippen molar-refractivity contribution in [1.82, 2.24) is 14.3 Å². The summed E-state index contributed by atoms with van der Waals surface area (Å²) in [5, 5.41) is 1.49. The summed E-state index contributed by atoms with van der Waals surface area (Å²) in [6.07, 6.45) is 2.14. The van der Waals surface area contributed by atoms with Gasteiger partial charge in [0.1, 0.15) is 5.65 Å². The summed E-state index contributed by atoms with van der Waals surface area (Å²) in [6, 6.07) is 17.9. The molecule has 0 amide bonds. The summed E-state index contributed by atoms with van der Waals surface area (Å²) in [4.78, 5) is 20.1. The van der Waals surface area contributed by atoms with E-state index in [-0.39, 0.29) is 5.56 Å². The van der Waals surface area contributed by atoms with Gasteiger partial charge in [-0.05, 0) is 48.0 Å². The van der Waals surface area contributed by atoms with Gasteiger partial charge < -0.3 is 14.3 Å². The number of nitrogens with one attached hydrogen (secondary N) is 1. The van der Waals surface area contributed by atoms with Crippen LogP contribution < -0.4 is 10.5 Å². The lowest BCUT2D eigenvalue weighted by Crippen LogP contribution is -2.45. The number of aromatic amines is 1. The highest BCUT2D eigenvalue weighted by Crippen LogP contribution is 2.21. The molecule has 0 aliphatic carbocycles.